The molecule has 3 aromatic rings. The summed E-state index contributed by atoms with van der Waals surface area (Å²) in [6.45, 7) is 2.50. The van der Waals surface area contributed by atoms with E-state index >= 15 is 0 Å². The van der Waals surface area contributed by atoms with Crippen LogP contribution in [0.15, 0.2) is 51.7 Å². The molecule has 1 atom stereocenters. The normalized spacial score (nSPS) is 19.0. The predicted octanol–water partition coefficient (Wildman–Crippen LogP) is 2.63. The Morgan fingerprint density at radius 1 is 1.16 bits per heavy atom. The van der Waals surface area contributed by atoms with Crippen LogP contribution in [0.25, 0.3) is 11.1 Å². The van der Waals surface area contributed by atoms with Crippen molar-refractivity contribution in [1.82, 2.24) is 9.29 Å². The van der Waals surface area contributed by atoms with Crippen molar-refractivity contribution in [2.24, 2.45) is 0 Å². The van der Waals surface area contributed by atoms with Crippen molar-refractivity contribution in [2.75, 3.05) is 26.0 Å². The molecule has 0 aliphatic heterocycles. The molecule has 37 heavy (non-hydrogen) atoms. The van der Waals surface area contributed by atoms with Crippen molar-refractivity contribution in [3.63, 3.8) is 0 Å². The van der Waals surface area contributed by atoms with Gasteiger partial charge in [-0.25, -0.2) is 18.0 Å². The first-order chi connectivity index (χ1) is 17.7. The molecule has 0 radical (unpaired) electrons. The van der Waals surface area contributed by atoms with E-state index in [1.54, 1.807) is 13.0 Å². The summed E-state index contributed by atoms with van der Waals surface area (Å²) in [6, 6.07) is 12.3. The number of benzene rings is 2. The maximum Gasteiger partial charge on any atom is 0.434 e. The van der Waals surface area contributed by atoms with Crippen molar-refractivity contribution in [3.8, 4) is 5.75 Å². The van der Waals surface area contributed by atoms with Gasteiger partial charge in [0.15, 0.2) is 5.58 Å². The van der Waals surface area contributed by atoms with Crippen LogP contribution >= 0.6 is 0 Å². The second-order valence-electron chi connectivity index (χ2n) is 9.29. The number of carbonyl (C=O) groups is 1. The first-order valence-electron chi connectivity index (χ1n) is 12.3. The highest BCUT2D eigenvalue weighted by atomic mass is 32.2. The summed E-state index contributed by atoms with van der Waals surface area (Å²) in [4.78, 5) is 23.7. The monoisotopic (exact) mass is 532 g/mol. The molecule has 10 nitrogen and oxygen atoms in total. The number of fused-ring (bicyclic) bond motifs is 1. The van der Waals surface area contributed by atoms with Crippen LogP contribution in [0.1, 0.15) is 54.4 Å². The molecule has 4 rings (SSSR count). The van der Waals surface area contributed by atoms with Gasteiger partial charge < -0.3 is 24.3 Å². The van der Waals surface area contributed by atoms with Crippen molar-refractivity contribution in [3.05, 3.63) is 64.1 Å². The Kier molecular flexibility index (Phi) is 8.35. The molecule has 0 saturated heterocycles. The highest BCUT2D eigenvalue weighted by Crippen LogP contribution is 2.33. The molecule has 0 unspecified atom stereocenters. The average Bonchev–Trinajstić information content (AvgIpc) is 3.22. The van der Waals surface area contributed by atoms with Crippen LogP contribution in [0.4, 0.5) is 0 Å². The fourth-order valence-electron chi connectivity index (χ4n) is 4.67. The van der Waals surface area contributed by atoms with Gasteiger partial charge in [-0.3, -0.25) is 0 Å². The minimum Gasteiger partial charge on any atom is -0.491 e. The van der Waals surface area contributed by atoms with Gasteiger partial charge in [0.05, 0.1) is 18.4 Å². The van der Waals surface area contributed by atoms with Gasteiger partial charge in [0, 0.05) is 18.7 Å². The third-order valence-electron chi connectivity index (χ3n) is 6.55. The Labute approximate surface area is 215 Å². The smallest absolute Gasteiger partial charge is 0.434 e. The fourth-order valence-corrected chi connectivity index (χ4v) is 5.48. The van der Waals surface area contributed by atoms with Gasteiger partial charge in [0.1, 0.15) is 24.0 Å². The van der Waals surface area contributed by atoms with Crippen molar-refractivity contribution < 1.29 is 32.2 Å². The van der Waals surface area contributed by atoms with Crippen molar-refractivity contribution in [1.29, 1.82) is 0 Å². The van der Waals surface area contributed by atoms with E-state index in [9.17, 15) is 23.1 Å². The zero-order chi connectivity index (χ0) is 26.6. The minimum absolute atomic E-state index is 0.00161. The van der Waals surface area contributed by atoms with E-state index in [1.165, 1.54) is 17.7 Å². The van der Waals surface area contributed by atoms with Gasteiger partial charge in [0.2, 0.25) is 10.0 Å². The molecule has 11 heteroatoms. The van der Waals surface area contributed by atoms with E-state index < -0.39 is 21.9 Å². The Morgan fingerprint density at radius 3 is 2.51 bits per heavy atom. The maximum absolute atomic E-state index is 11.9. The number of oxazole rings is 1. The summed E-state index contributed by atoms with van der Waals surface area (Å²) >= 11 is 0. The molecule has 200 valence electrons. The van der Waals surface area contributed by atoms with Crippen LogP contribution in [0.5, 0.6) is 5.75 Å². The minimum atomic E-state index is -3.84. The molecule has 0 spiro atoms. The second-order valence-corrected chi connectivity index (χ2v) is 11.1. The number of aliphatic hydroxyl groups excluding tert-OH is 1. The van der Waals surface area contributed by atoms with E-state index in [1.807, 2.05) is 24.3 Å². The number of nitrogens with one attached hydrogen (secondary N) is 1. The maximum atomic E-state index is 11.9. The lowest BCUT2D eigenvalue weighted by Gasteiger charge is -2.30. The topological polar surface area (TPSA) is 137 Å². The number of ether oxygens (including phenoxy) is 2. The average molecular weight is 533 g/mol. The number of nitrogens with zero attached hydrogens (tertiary/aromatic N) is 1. The number of carbonyl (C=O) groups excluding carboxylic acids is 1. The predicted molar refractivity (Wildman–Crippen MR) is 138 cm³/mol. The third-order valence-corrected chi connectivity index (χ3v) is 7.56. The molecule has 0 bridgehead atoms. The highest BCUT2D eigenvalue weighted by Gasteiger charge is 2.23. The lowest BCUT2D eigenvalue weighted by atomic mass is 9.81. The first-order valence-corrected chi connectivity index (χ1v) is 14.2. The summed E-state index contributed by atoms with van der Waals surface area (Å²) < 4.78 is 40.0. The molecule has 0 amide bonds. The molecule has 2 aromatic carbocycles. The standard InChI is InChI=1S/C26H32N2O8S/c1-3-34-25(30)19-6-4-17(5-7-19)18-8-10-20(11-9-18)27-15-21(29)16-35-22-12-13-24-23(14-22)28(26(31)36-24)37(2,32)33/h4-7,12-14,18,20-21,27,29H,3,8-11,15-16H2,1-2H3/t18?,20?,21-/m0/s1. The summed E-state index contributed by atoms with van der Waals surface area (Å²) in [7, 11) is -3.84. The molecule has 1 aliphatic rings. The van der Waals surface area contributed by atoms with Crippen LogP contribution in [0.3, 0.4) is 0 Å². The summed E-state index contributed by atoms with van der Waals surface area (Å²) in [5, 5.41) is 13.8. The Balaban J connectivity index is 1.23. The number of aromatic nitrogens is 1. The molecular weight excluding hydrogens is 500 g/mol. The van der Waals surface area contributed by atoms with Crippen LogP contribution in [-0.4, -0.2) is 61.6 Å². The quantitative estimate of drug-likeness (QED) is 0.378. The van der Waals surface area contributed by atoms with Gasteiger partial charge in [-0.15, -0.1) is 0 Å². The van der Waals surface area contributed by atoms with Gasteiger partial charge >= 0.3 is 11.7 Å². The van der Waals surface area contributed by atoms with Crippen molar-refractivity contribution >= 4 is 27.1 Å². The molecule has 1 heterocycles. The van der Waals surface area contributed by atoms with E-state index in [0.717, 1.165) is 31.9 Å². The summed E-state index contributed by atoms with van der Waals surface area (Å²) in [5.41, 5.74) is 2.00. The zero-order valence-corrected chi connectivity index (χ0v) is 21.7. The number of hydrogen-bond donors (Lipinski definition) is 2. The summed E-state index contributed by atoms with van der Waals surface area (Å²) in [5.74, 6) is -0.535. The number of esters is 1. The van der Waals surface area contributed by atoms with Crippen LogP contribution in [-0.2, 0) is 14.8 Å². The molecule has 1 fully saturated rings. The Hall–Kier alpha value is -3.15. The largest absolute Gasteiger partial charge is 0.491 e. The lowest BCUT2D eigenvalue weighted by Crippen LogP contribution is -2.39. The second kappa shape index (κ2) is 11.5. The molecule has 1 saturated carbocycles. The van der Waals surface area contributed by atoms with E-state index in [2.05, 4.69) is 5.32 Å². The highest BCUT2D eigenvalue weighted by molar-refractivity contribution is 7.89. The Morgan fingerprint density at radius 2 is 1.86 bits per heavy atom. The van der Waals surface area contributed by atoms with Gasteiger partial charge in [-0.05, 0) is 68.4 Å². The van der Waals surface area contributed by atoms with Gasteiger partial charge in [0.25, 0.3) is 0 Å². The Bertz CT molecular complexity index is 1390. The molecule has 2 N–H and O–H groups in total. The van der Waals surface area contributed by atoms with Crippen LogP contribution in [0.2, 0.25) is 0 Å². The fraction of sp³-hybridized carbons (Fsp3) is 0.462. The SMILES string of the molecule is CCOC(=O)c1ccc(C2CCC(NC[C@H](O)COc3ccc4oc(=O)n(S(C)(=O)=O)c4c3)CC2)cc1. The summed E-state index contributed by atoms with van der Waals surface area (Å²) in [6.07, 6.45) is 4.11. The van der Waals surface area contributed by atoms with Gasteiger partial charge in [-0.1, -0.05) is 12.1 Å². The van der Waals surface area contributed by atoms with Crippen LogP contribution in [0, 0.1) is 0 Å². The third kappa shape index (κ3) is 6.60. The molecule has 1 aliphatic carbocycles. The van der Waals surface area contributed by atoms with E-state index in [0.29, 0.717) is 34.4 Å². The van der Waals surface area contributed by atoms with Gasteiger partial charge in [-0.2, -0.15) is 3.97 Å². The van der Waals surface area contributed by atoms with Crippen molar-refractivity contribution in [2.45, 2.75) is 50.7 Å². The zero-order valence-electron chi connectivity index (χ0n) is 20.9. The number of rotatable bonds is 10. The number of aliphatic hydroxyl groups is 1. The van der Waals surface area contributed by atoms with E-state index in [4.69, 9.17) is 13.9 Å². The lowest BCUT2D eigenvalue weighted by molar-refractivity contribution is 0.0526. The van der Waals surface area contributed by atoms with E-state index in [-0.39, 0.29) is 29.7 Å². The number of hydrogen-bond acceptors (Lipinski definition) is 9. The van der Waals surface area contributed by atoms with Crippen LogP contribution < -0.4 is 15.8 Å². The molecule has 1 aromatic heterocycles. The first kappa shape index (κ1) is 26.9. The molecular formula is C26H32N2O8S.